The van der Waals surface area contributed by atoms with E-state index >= 15 is 0 Å². The molecule has 0 aliphatic carbocycles. The molecule has 0 spiro atoms. The zero-order chi connectivity index (χ0) is 20.7. The van der Waals surface area contributed by atoms with Crippen LogP contribution in [0.5, 0.6) is 0 Å². The molecule has 1 unspecified atom stereocenters. The maximum Gasteiger partial charge on any atom is 0.272 e. The summed E-state index contributed by atoms with van der Waals surface area (Å²) in [6.45, 7) is 0. The molecule has 1 aliphatic rings. The number of H-pyrrole nitrogens is 1. The van der Waals surface area contributed by atoms with Crippen molar-refractivity contribution in [1.29, 1.82) is 0 Å². The van der Waals surface area contributed by atoms with Crippen molar-refractivity contribution in [2.24, 2.45) is 10.8 Å². The lowest BCUT2D eigenvalue weighted by molar-refractivity contribution is -0.118. The van der Waals surface area contributed by atoms with E-state index in [1.54, 1.807) is 12.3 Å². The number of hydrogen-bond acceptors (Lipinski definition) is 3. The number of amides is 2. The number of aromatic amines is 1. The third-order valence-electron chi connectivity index (χ3n) is 5.38. The predicted octanol–water partition coefficient (Wildman–Crippen LogP) is 3.53. The normalized spacial score (nSPS) is 13.7. The van der Waals surface area contributed by atoms with E-state index in [2.05, 4.69) is 15.5 Å². The van der Waals surface area contributed by atoms with Gasteiger partial charge in [-0.05, 0) is 28.8 Å². The summed E-state index contributed by atoms with van der Waals surface area (Å²) in [6.07, 6.45) is 1.65. The smallest absolute Gasteiger partial charge is 0.272 e. The second-order valence-corrected chi connectivity index (χ2v) is 7.22. The van der Waals surface area contributed by atoms with Crippen LogP contribution in [0.4, 0.5) is 0 Å². The van der Waals surface area contributed by atoms with Gasteiger partial charge in [0.25, 0.3) is 5.91 Å². The molecule has 0 radical (unpaired) electrons. The topological polar surface area (TPSA) is 100 Å². The van der Waals surface area contributed by atoms with Crippen LogP contribution >= 0.6 is 0 Å². The van der Waals surface area contributed by atoms with Crippen molar-refractivity contribution in [3.63, 3.8) is 0 Å². The van der Waals surface area contributed by atoms with E-state index in [1.807, 2.05) is 66.7 Å². The van der Waals surface area contributed by atoms with Crippen molar-refractivity contribution in [2.75, 3.05) is 0 Å². The minimum atomic E-state index is -0.671. The lowest BCUT2D eigenvalue weighted by atomic mass is 9.88. The molecular weight excluding hydrogens is 376 g/mol. The lowest BCUT2D eigenvalue weighted by Crippen LogP contribution is -2.23. The first kappa shape index (κ1) is 17.9. The van der Waals surface area contributed by atoms with Gasteiger partial charge in [0.15, 0.2) is 0 Å². The molecule has 1 aliphatic heterocycles. The van der Waals surface area contributed by atoms with Crippen molar-refractivity contribution in [2.45, 2.75) is 5.92 Å². The Bertz CT molecular complexity index is 1310. The molecule has 30 heavy (non-hydrogen) atoms. The first-order chi connectivity index (χ1) is 14.6. The predicted molar refractivity (Wildman–Crippen MR) is 116 cm³/mol. The first-order valence-electron chi connectivity index (χ1n) is 9.56. The SMILES string of the molecule is NC(=O)C(c1ccccc1)c1cc2c3c(c(-c4ccccc4)[nH]c3c1)C=NNC2=O. The van der Waals surface area contributed by atoms with Gasteiger partial charge in [-0.1, -0.05) is 60.7 Å². The summed E-state index contributed by atoms with van der Waals surface area (Å²) in [5.74, 6) is -1.48. The van der Waals surface area contributed by atoms with Crippen LogP contribution in [0.1, 0.15) is 33.0 Å². The molecule has 0 bridgehead atoms. The molecule has 0 saturated carbocycles. The van der Waals surface area contributed by atoms with E-state index in [0.29, 0.717) is 11.1 Å². The Kier molecular flexibility index (Phi) is 4.17. The summed E-state index contributed by atoms with van der Waals surface area (Å²) in [7, 11) is 0. The summed E-state index contributed by atoms with van der Waals surface area (Å²) < 4.78 is 0. The summed E-state index contributed by atoms with van der Waals surface area (Å²) in [6, 6.07) is 22.8. The van der Waals surface area contributed by atoms with E-state index in [-0.39, 0.29) is 5.91 Å². The van der Waals surface area contributed by atoms with Gasteiger partial charge < -0.3 is 10.7 Å². The van der Waals surface area contributed by atoms with Crippen LogP contribution in [0, 0.1) is 0 Å². The van der Waals surface area contributed by atoms with Crippen molar-refractivity contribution in [3.8, 4) is 11.3 Å². The molecule has 5 rings (SSSR count). The van der Waals surface area contributed by atoms with E-state index in [1.165, 1.54) is 0 Å². The van der Waals surface area contributed by atoms with E-state index < -0.39 is 11.8 Å². The number of benzene rings is 3. The second kappa shape index (κ2) is 7.00. The van der Waals surface area contributed by atoms with Crippen molar-refractivity contribution in [1.82, 2.24) is 10.4 Å². The van der Waals surface area contributed by atoms with Crippen LogP contribution in [0.25, 0.3) is 22.2 Å². The highest BCUT2D eigenvalue weighted by molar-refractivity contribution is 6.17. The Morgan fingerprint density at radius 1 is 0.933 bits per heavy atom. The Morgan fingerprint density at radius 2 is 1.63 bits per heavy atom. The molecule has 0 saturated heterocycles. The molecule has 1 atom stereocenters. The lowest BCUT2D eigenvalue weighted by Gasteiger charge is -2.16. The van der Waals surface area contributed by atoms with Crippen molar-refractivity contribution in [3.05, 3.63) is 95.1 Å². The number of carbonyl (C=O) groups excluding carboxylic acids is 2. The molecular formula is C24H18N4O2. The monoisotopic (exact) mass is 394 g/mol. The maximum atomic E-state index is 12.8. The fraction of sp³-hybridized carbons (Fsp3) is 0.0417. The maximum absolute atomic E-state index is 12.8. The number of aromatic nitrogens is 1. The molecule has 6 heteroatoms. The van der Waals surface area contributed by atoms with Gasteiger partial charge >= 0.3 is 0 Å². The van der Waals surface area contributed by atoms with E-state index in [9.17, 15) is 9.59 Å². The molecule has 6 nitrogen and oxygen atoms in total. The molecule has 0 fully saturated rings. The van der Waals surface area contributed by atoms with Crippen LogP contribution in [0.2, 0.25) is 0 Å². The number of nitrogens with one attached hydrogen (secondary N) is 2. The van der Waals surface area contributed by atoms with Gasteiger partial charge in [0, 0.05) is 16.5 Å². The standard InChI is InChI=1S/C24H18N4O2/c25-23(29)20(14-7-3-1-4-8-14)16-11-17-21-18(13-26-28-24(17)30)22(27-19(21)12-16)15-9-5-2-6-10-15/h1-13,20,27H,(H2,25,29)(H,28,30). The number of hydrazone groups is 1. The Labute approximate surface area is 172 Å². The summed E-state index contributed by atoms with van der Waals surface area (Å²) in [5, 5.41) is 4.85. The van der Waals surface area contributed by atoms with Crippen LogP contribution in [-0.2, 0) is 4.79 Å². The highest BCUT2D eigenvalue weighted by atomic mass is 16.2. The van der Waals surface area contributed by atoms with Crippen LogP contribution < -0.4 is 11.2 Å². The van der Waals surface area contributed by atoms with Crippen LogP contribution in [0.15, 0.2) is 77.9 Å². The molecule has 2 amide bonds. The fourth-order valence-electron chi connectivity index (χ4n) is 4.07. The van der Waals surface area contributed by atoms with Gasteiger partial charge in [-0.2, -0.15) is 5.10 Å². The molecule has 3 aromatic carbocycles. The molecule has 4 N–H and O–H groups in total. The zero-order valence-electron chi connectivity index (χ0n) is 15.9. The Hall–Kier alpha value is -4.19. The summed E-state index contributed by atoms with van der Waals surface area (Å²) in [5.41, 5.74) is 13.6. The number of rotatable bonds is 4. The first-order valence-corrected chi connectivity index (χ1v) is 9.56. The van der Waals surface area contributed by atoms with Crippen molar-refractivity contribution < 1.29 is 9.59 Å². The quantitative estimate of drug-likeness (QED) is 0.493. The van der Waals surface area contributed by atoms with Gasteiger partial charge in [-0.3, -0.25) is 9.59 Å². The highest BCUT2D eigenvalue weighted by Gasteiger charge is 2.26. The van der Waals surface area contributed by atoms with E-state index in [4.69, 9.17) is 5.73 Å². The third kappa shape index (κ3) is 2.86. The number of carbonyl (C=O) groups is 2. The number of primary amides is 1. The van der Waals surface area contributed by atoms with Gasteiger partial charge in [-0.25, -0.2) is 5.43 Å². The minimum Gasteiger partial charge on any atom is -0.369 e. The van der Waals surface area contributed by atoms with Crippen LogP contribution in [-0.4, -0.2) is 23.0 Å². The number of nitrogens with zero attached hydrogens (tertiary/aromatic N) is 1. The van der Waals surface area contributed by atoms with Gasteiger partial charge in [0.1, 0.15) is 0 Å². The summed E-state index contributed by atoms with van der Waals surface area (Å²) >= 11 is 0. The molecule has 4 aromatic rings. The third-order valence-corrected chi connectivity index (χ3v) is 5.38. The fourth-order valence-corrected chi connectivity index (χ4v) is 4.07. The Balaban J connectivity index is 1.79. The molecule has 1 aromatic heterocycles. The summed E-state index contributed by atoms with van der Waals surface area (Å²) in [4.78, 5) is 28.6. The Morgan fingerprint density at radius 3 is 2.33 bits per heavy atom. The molecule has 2 heterocycles. The van der Waals surface area contributed by atoms with Crippen molar-refractivity contribution >= 4 is 28.9 Å². The number of hydrogen-bond donors (Lipinski definition) is 3. The average molecular weight is 394 g/mol. The minimum absolute atomic E-state index is 0.327. The van der Waals surface area contributed by atoms with Gasteiger partial charge in [0.2, 0.25) is 5.91 Å². The van der Waals surface area contributed by atoms with Gasteiger partial charge in [-0.15, -0.1) is 0 Å². The largest absolute Gasteiger partial charge is 0.369 e. The second-order valence-electron chi connectivity index (χ2n) is 7.22. The molecule has 146 valence electrons. The average Bonchev–Trinajstić information content (AvgIpc) is 3.04. The van der Waals surface area contributed by atoms with E-state index in [0.717, 1.165) is 33.3 Å². The van der Waals surface area contributed by atoms with Crippen LogP contribution in [0.3, 0.4) is 0 Å². The van der Waals surface area contributed by atoms with Gasteiger partial charge in [0.05, 0.1) is 23.4 Å². The zero-order valence-corrected chi connectivity index (χ0v) is 15.9. The highest BCUT2D eigenvalue weighted by Crippen LogP contribution is 2.36. The number of nitrogens with two attached hydrogens (primary N) is 1.